The maximum atomic E-state index is 12.9. The Morgan fingerprint density at radius 1 is 1.25 bits per heavy atom. The van der Waals surface area contributed by atoms with Gasteiger partial charge in [0.15, 0.2) is 6.10 Å². The number of halogens is 3. The minimum Gasteiger partial charge on any atom is -0.493 e. The summed E-state index contributed by atoms with van der Waals surface area (Å²) >= 11 is 0. The third-order valence-electron chi connectivity index (χ3n) is 4.74. The van der Waals surface area contributed by atoms with Crippen LogP contribution in [0.25, 0.3) is 0 Å². The van der Waals surface area contributed by atoms with Crippen molar-refractivity contribution in [2.75, 3.05) is 6.61 Å². The van der Waals surface area contributed by atoms with Crippen LogP contribution in [0.5, 0.6) is 11.5 Å². The van der Waals surface area contributed by atoms with E-state index in [-0.39, 0.29) is 18.5 Å². The molecular formula is C22H22F3N3O4. The minimum absolute atomic E-state index is 0.0490. The van der Waals surface area contributed by atoms with E-state index < -0.39 is 23.8 Å². The maximum absolute atomic E-state index is 12.9. The zero-order valence-corrected chi connectivity index (χ0v) is 17.4. The van der Waals surface area contributed by atoms with E-state index in [1.165, 1.54) is 6.07 Å². The number of alkyl halides is 3. The fraction of sp³-hybridized carbons (Fsp3) is 0.318. The van der Waals surface area contributed by atoms with Gasteiger partial charge in [-0.05, 0) is 44.0 Å². The number of benzene rings is 1. The molecule has 2 heterocycles. The molecule has 0 radical (unpaired) electrons. The molecule has 0 aliphatic rings. The summed E-state index contributed by atoms with van der Waals surface area (Å²) in [6.45, 7) is 3.92. The Morgan fingerprint density at radius 3 is 2.59 bits per heavy atom. The highest BCUT2D eigenvalue weighted by atomic mass is 19.4. The van der Waals surface area contributed by atoms with E-state index in [2.05, 4.69) is 15.2 Å². The van der Waals surface area contributed by atoms with Gasteiger partial charge in [-0.1, -0.05) is 6.07 Å². The van der Waals surface area contributed by atoms with Crippen molar-refractivity contribution in [2.45, 2.75) is 39.0 Å². The fourth-order valence-corrected chi connectivity index (χ4v) is 3.13. The highest BCUT2D eigenvalue weighted by Gasteiger charge is 2.31. The molecule has 0 saturated heterocycles. The summed E-state index contributed by atoms with van der Waals surface area (Å²) in [5, 5.41) is 15.7. The third-order valence-corrected chi connectivity index (χ3v) is 4.74. The van der Waals surface area contributed by atoms with Gasteiger partial charge in [-0.15, -0.1) is 0 Å². The SMILES string of the molecule is CCOc1cc(OC(c2ccc(C(F)(F)F)cn2)c2c[nH]nc2C)ccc1CCC(=O)O. The van der Waals surface area contributed by atoms with E-state index in [1.807, 2.05) is 0 Å². The number of aromatic amines is 1. The molecule has 0 fully saturated rings. The standard InChI is InChI=1S/C22H22F3N3O4/c1-3-31-19-10-16(7-4-14(19)5-9-20(29)30)32-21(17-12-27-28-13(17)2)18-8-6-15(11-26-18)22(23,24)25/h4,6-8,10-12,21H,3,5,9H2,1-2H3,(H,27,28)(H,29,30). The Morgan fingerprint density at radius 2 is 2.03 bits per heavy atom. The average Bonchev–Trinajstić information content (AvgIpc) is 3.16. The number of nitrogens with zero attached hydrogens (tertiary/aromatic N) is 2. The number of carbonyl (C=O) groups is 1. The molecule has 0 bridgehead atoms. The molecule has 1 atom stereocenters. The number of carboxylic acid groups (broad SMARTS) is 1. The fourth-order valence-electron chi connectivity index (χ4n) is 3.13. The predicted octanol–water partition coefficient (Wildman–Crippen LogP) is 4.72. The van der Waals surface area contributed by atoms with Crippen LogP contribution in [0.4, 0.5) is 13.2 Å². The Bertz CT molecular complexity index is 1070. The number of hydrogen-bond acceptors (Lipinski definition) is 5. The Labute approximate surface area is 182 Å². The lowest BCUT2D eigenvalue weighted by atomic mass is 10.1. The molecule has 1 aromatic carbocycles. The van der Waals surface area contributed by atoms with Crippen LogP contribution in [0.3, 0.4) is 0 Å². The number of hydrogen-bond donors (Lipinski definition) is 2. The first-order valence-corrected chi connectivity index (χ1v) is 9.86. The van der Waals surface area contributed by atoms with Crippen molar-refractivity contribution < 1.29 is 32.5 Å². The lowest BCUT2D eigenvalue weighted by Crippen LogP contribution is -2.13. The van der Waals surface area contributed by atoms with E-state index in [4.69, 9.17) is 14.6 Å². The molecule has 0 amide bonds. The van der Waals surface area contributed by atoms with E-state index in [0.717, 1.165) is 12.3 Å². The molecule has 2 aromatic heterocycles. The highest BCUT2D eigenvalue weighted by Crippen LogP contribution is 2.34. The van der Waals surface area contributed by atoms with Crippen molar-refractivity contribution in [3.8, 4) is 11.5 Å². The number of aryl methyl sites for hydroxylation is 2. The number of aromatic nitrogens is 3. The Balaban J connectivity index is 1.94. The van der Waals surface area contributed by atoms with Crippen LogP contribution in [-0.4, -0.2) is 32.9 Å². The molecule has 3 aromatic rings. The van der Waals surface area contributed by atoms with Crippen molar-refractivity contribution in [2.24, 2.45) is 0 Å². The Hall–Kier alpha value is -3.56. The summed E-state index contributed by atoms with van der Waals surface area (Å²) in [6, 6.07) is 7.22. The normalized spacial score (nSPS) is 12.4. The number of aliphatic carboxylic acids is 1. The van der Waals surface area contributed by atoms with Gasteiger partial charge >= 0.3 is 12.1 Å². The van der Waals surface area contributed by atoms with Crippen LogP contribution in [-0.2, 0) is 17.4 Å². The minimum atomic E-state index is -4.49. The van der Waals surface area contributed by atoms with Crippen LogP contribution >= 0.6 is 0 Å². The molecule has 0 aliphatic heterocycles. The molecule has 0 spiro atoms. The molecule has 3 rings (SSSR count). The average molecular weight is 449 g/mol. The molecule has 7 nitrogen and oxygen atoms in total. The number of ether oxygens (including phenoxy) is 2. The number of H-pyrrole nitrogens is 1. The lowest BCUT2D eigenvalue weighted by Gasteiger charge is -2.20. The van der Waals surface area contributed by atoms with Gasteiger partial charge in [0.05, 0.1) is 23.6 Å². The van der Waals surface area contributed by atoms with Crippen molar-refractivity contribution in [3.05, 3.63) is 70.8 Å². The maximum Gasteiger partial charge on any atom is 0.417 e. The van der Waals surface area contributed by atoms with Gasteiger partial charge in [0.2, 0.25) is 0 Å². The number of rotatable bonds is 9. The summed E-state index contributed by atoms with van der Waals surface area (Å²) in [5.74, 6) is -0.0502. The Kier molecular flexibility index (Phi) is 7.01. The molecule has 32 heavy (non-hydrogen) atoms. The first-order valence-electron chi connectivity index (χ1n) is 9.86. The summed E-state index contributed by atoms with van der Waals surface area (Å²) in [5.41, 5.74) is 1.36. The van der Waals surface area contributed by atoms with Crippen molar-refractivity contribution in [3.63, 3.8) is 0 Å². The molecule has 0 saturated carbocycles. The van der Waals surface area contributed by atoms with Gasteiger partial charge in [-0.25, -0.2) is 0 Å². The van der Waals surface area contributed by atoms with Crippen molar-refractivity contribution in [1.82, 2.24) is 15.2 Å². The molecule has 10 heteroatoms. The second-order valence-corrected chi connectivity index (χ2v) is 6.99. The summed E-state index contributed by atoms with van der Waals surface area (Å²) in [7, 11) is 0. The number of carboxylic acids is 1. The van der Waals surface area contributed by atoms with Gasteiger partial charge in [0, 0.05) is 30.4 Å². The van der Waals surface area contributed by atoms with E-state index in [1.54, 1.807) is 38.2 Å². The van der Waals surface area contributed by atoms with E-state index in [9.17, 15) is 18.0 Å². The first kappa shape index (κ1) is 23.1. The molecule has 170 valence electrons. The van der Waals surface area contributed by atoms with E-state index >= 15 is 0 Å². The van der Waals surface area contributed by atoms with Crippen LogP contribution in [0.2, 0.25) is 0 Å². The largest absolute Gasteiger partial charge is 0.493 e. The topological polar surface area (TPSA) is 97.3 Å². The van der Waals surface area contributed by atoms with Gasteiger partial charge in [0.25, 0.3) is 0 Å². The first-order chi connectivity index (χ1) is 15.2. The van der Waals surface area contributed by atoms with Gasteiger partial charge in [-0.3, -0.25) is 14.9 Å². The molecule has 0 aliphatic carbocycles. The second-order valence-electron chi connectivity index (χ2n) is 6.99. The quantitative estimate of drug-likeness (QED) is 0.491. The summed E-state index contributed by atoms with van der Waals surface area (Å²) < 4.78 is 50.6. The smallest absolute Gasteiger partial charge is 0.417 e. The lowest BCUT2D eigenvalue weighted by molar-refractivity contribution is -0.138. The van der Waals surface area contributed by atoms with Crippen LogP contribution in [0, 0.1) is 6.92 Å². The zero-order valence-electron chi connectivity index (χ0n) is 17.4. The van der Waals surface area contributed by atoms with Gasteiger partial charge in [0.1, 0.15) is 11.5 Å². The highest BCUT2D eigenvalue weighted by molar-refractivity contribution is 5.67. The summed E-state index contributed by atoms with van der Waals surface area (Å²) in [6.07, 6.45) is -2.71. The zero-order chi connectivity index (χ0) is 23.3. The molecule has 2 N–H and O–H groups in total. The van der Waals surface area contributed by atoms with Gasteiger partial charge < -0.3 is 14.6 Å². The van der Waals surface area contributed by atoms with Crippen molar-refractivity contribution in [1.29, 1.82) is 0 Å². The summed E-state index contributed by atoms with van der Waals surface area (Å²) in [4.78, 5) is 14.9. The van der Waals surface area contributed by atoms with Gasteiger partial charge in [-0.2, -0.15) is 18.3 Å². The second kappa shape index (κ2) is 9.71. The number of pyridine rings is 1. The monoisotopic (exact) mass is 449 g/mol. The van der Waals surface area contributed by atoms with Crippen molar-refractivity contribution >= 4 is 5.97 Å². The predicted molar refractivity (Wildman–Crippen MR) is 109 cm³/mol. The number of nitrogens with one attached hydrogen (secondary N) is 1. The van der Waals surface area contributed by atoms with E-state index in [0.29, 0.717) is 34.9 Å². The molecular weight excluding hydrogens is 427 g/mol. The van der Waals surface area contributed by atoms with Crippen LogP contribution in [0.15, 0.2) is 42.7 Å². The van der Waals surface area contributed by atoms with Crippen LogP contribution in [0.1, 0.15) is 47.5 Å². The van der Waals surface area contributed by atoms with Crippen LogP contribution < -0.4 is 9.47 Å². The molecule has 1 unspecified atom stereocenters. The third kappa shape index (κ3) is 5.57.